The molecule has 1 heterocycles. The lowest BCUT2D eigenvalue weighted by Crippen LogP contribution is -2.33. The average Bonchev–Trinajstić information content (AvgIpc) is 3.46. The van der Waals surface area contributed by atoms with Gasteiger partial charge in [-0.2, -0.15) is 0 Å². The number of epoxide rings is 1. The Kier molecular flexibility index (Phi) is 6.18. The highest BCUT2D eigenvalue weighted by Crippen LogP contribution is 2.41. The zero-order valence-electron chi connectivity index (χ0n) is 16.5. The highest BCUT2D eigenvalue weighted by atomic mass is 127. The van der Waals surface area contributed by atoms with Crippen LogP contribution in [0.4, 0.5) is 0 Å². The van der Waals surface area contributed by atoms with Crippen molar-refractivity contribution in [2.45, 2.75) is 24.2 Å². The molecule has 2 nitrogen and oxygen atoms in total. The normalized spacial score (nSPS) is 21.4. The molecule has 148 valence electrons. The van der Waals surface area contributed by atoms with E-state index in [1.54, 1.807) is 0 Å². The highest BCUT2D eigenvalue weighted by Gasteiger charge is 2.49. The summed E-state index contributed by atoms with van der Waals surface area (Å²) < 4.78 is 13.5. The third-order valence-corrected chi connectivity index (χ3v) is 6.97. The summed E-state index contributed by atoms with van der Waals surface area (Å²) in [6, 6.07) is 31.4. The maximum atomic E-state index is 6.72. The van der Waals surface area contributed by atoms with E-state index >= 15 is 0 Å². The van der Waals surface area contributed by atoms with E-state index < -0.39 is 5.60 Å². The fourth-order valence-electron chi connectivity index (χ4n) is 3.73. The van der Waals surface area contributed by atoms with Crippen molar-refractivity contribution in [2.75, 3.05) is 11.0 Å². The summed E-state index contributed by atoms with van der Waals surface area (Å²) in [5, 5.41) is 0. The van der Waals surface area contributed by atoms with Crippen molar-refractivity contribution in [3.63, 3.8) is 0 Å². The van der Waals surface area contributed by atoms with Gasteiger partial charge in [-0.15, -0.1) is 0 Å². The molecule has 0 N–H and O–H groups in total. The Bertz CT molecular complexity index is 844. The van der Waals surface area contributed by atoms with E-state index in [1.165, 1.54) is 0 Å². The van der Waals surface area contributed by atoms with Crippen LogP contribution in [0.2, 0.25) is 0 Å². The van der Waals surface area contributed by atoms with Gasteiger partial charge in [-0.3, -0.25) is 0 Å². The van der Waals surface area contributed by atoms with Crippen molar-refractivity contribution in [3.8, 4) is 0 Å². The number of rotatable bonds is 8. The topological polar surface area (TPSA) is 21.8 Å². The van der Waals surface area contributed by atoms with Crippen LogP contribution in [0.25, 0.3) is 0 Å². The molecule has 2 atom stereocenters. The molecule has 0 amide bonds. The molecule has 1 fully saturated rings. The number of halogens is 1. The minimum atomic E-state index is -0.676. The predicted molar refractivity (Wildman–Crippen MR) is 126 cm³/mol. The van der Waals surface area contributed by atoms with Crippen molar-refractivity contribution >= 4 is 22.6 Å². The lowest BCUT2D eigenvalue weighted by Gasteiger charge is -2.35. The van der Waals surface area contributed by atoms with Gasteiger partial charge in [0.15, 0.2) is 0 Å². The largest absolute Gasteiger partial charge is 0.361 e. The fourth-order valence-corrected chi connectivity index (χ4v) is 4.34. The van der Waals surface area contributed by atoms with Crippen LogP contribution in [-0.2, 0) is 15.1 Å². The van der Waals surface area contributed by atoms with Gasteiger partial charge in [-0.1, -0.05) is 126 Å². The molecule has 3 heteroatoms. The van der Waals surface area contributed by atoms with Gasteiger partial charge in [0.25, 0.3) is 0 Å². The van der Waals surface area contributed by atoms with Crippen LogP contribution >= 0.6 is 22.6 Å². The molecule has 1 aliphatic rings. The average molecular weight is 496 g/mol. The number of ether oxygens (including phenoxy) is 2. The Morgan fingerprint density at radius 3 is 1.69 bits per heavy atom. The Morgan fingerprint density at radius 2 is 1.31 bits per heavy atom. The van der Waals surface area contributed by atoms with E-state index in [4.69, 9.17) is 9.47 Å². The summed E-state index contributed by atoms with van der Waals surface area (Å²) in [5.74, 6) is 0. The first-order valence-electron chi connectivity index (χ1n) is 9.90. The quantitative estimate of drug-likeness (QED) is 0.123. The number of hydrogen-bond donors (Lipinski definition) is 0. The van der Waals surface area contributed by atoms with Crippen LogP contribution in [0.5, 0.6) is 0 Å². The standard InChI is InChI=1S/C26H25IO2/c1-25(20-27)24(29-25)18-11-19-28-26(21-12-5-2-6-13-21,22-14-7-3-8-15-22)23-16-9-4-10-17-23/h2-18,24H,19-20H2,1H3/b18-11+/t24-,25-/m0/s1. The second-order valence-electron chi connectivity index (χ2n) is 7.50. The van der Waals surface area contributed by atoms with Crippen LogP contribution in [-0.4, -0.2) is 22.7 Å². The molecule has 0 radical (unpaired) electrons. The third-order valence-electron chi connectivity index (χ3n) is 5.45. The summed E-state index contributed by atoms with van der Waals surface area (Å²) in [6.45, 7) is 2.65. The maximum absolute atomic E-state index is 6.72. The molecule has 1 aliphatic heterocycles. The molecule has 0 saturated carbocycles. The van der Waals surface area contributed by atoms with E-state index in [2.05, 4.69) is 114 Å². The lowest BCUT2D eigenvalue weighted by molar-refractivity contribution is 0.0318. The Hall–Kier alpha value is -1.95. The first-order valence-corrected chi connectivity index (χ1v) is 11.4. The fraction of sp³-hybridized carbons (Fsp3) is 0.231. The summed E-state index contributed by atoms with van der Waals surface area (Å²) in [6.07, 6.45) is 4.40. The van der Waals surface area contributed by atoms with Gasteiger partial charge in [0.05, 0.1) is 6.61 Å². The van der Waals surface area contributed by atoms with Gasteiger partial charge in [0.2, 0.25) is 0 Å². The van der Waals surface area contributed by atoms with E-state index in [9.17, 15) is 0 Å². The first-order chi connectivity index (χ1) is 14.2. The van der Waals surface area contributed by atoms with Crippen molar-refractivity contribution < 1.29 is 9.47 Å². The van der Waals surface area contributed by atoms with Gasteiger partial charge in [0.1, 0.15) is 17.3 Å². The van der Waals surface area contributed by atoms with Crippen molar-refractivity contribution in [1.82, 2.24) is 0 Å². The van der Waals surface area contributed by atoms with E-state index in [0.29, 0.717) is 6.61 Å². The Balaban J connectivity index is 1.71. The first kappa shape index (κ1) is 20.3. The SMILES string of the molecule is C[C@@]1(CI)O[C@H]1/C=C/COC(c1ccccc1)(c1ccccc1)c1ccccc1. The van der Waals surface area contributed by atoms with Crippen LogP contribution in [0.3, 0.4) is 0 Å². The second kappa shape index (κ2) is 8.82. The van der Waals surface area contributed by atoms with E-state index in [1.807, 2.05) is 18.2 Å². The summed E-state index contributed by atoms with van der Waals surface area (Å²) in [5.41, 5.74) is 2.65. The second-order valence-corrected chi connectivity index (χ2v) is 8.27. The van der Waals surface area contributed by atoms with Crippen LogP contribution < -0.4 is 0 Å². The molecule has 3 aromatic carbocycles. The monoisotopic (exact) mass is 496 g/mol. The Morgan fingerprint density at radius 1 is 0.862 bits per heavy atom. The van der Waals surface area contributed by atoms with Crippen molar-refractivity contribution in [1.29, 1.82) is 0 Å². The van der Waals surface area contributed by atoms with E-state index in [0.717, 1.165) is 21.1 Å². The van der Waals surface area contributed by atoms with E-state index in [-0.39, 0.29) is 11.7 Å². The van der Waals surface area contributed by atoms with Gasteiger partial charge >= 0.3 is 0 Å². The zero-order chi connectivity index (χ0) is 20.2. The van der Waals surface area contributed by atoms with Crippen LogP contribution in [0.15, 0.2) is 103 Å². The zero-order valence-corrected chi connectivity index (χ0v) is 18.7. The van der Waals surface area contributed by atoms with Crippen molar-refractivity contribution in [3.05, 3.63) is 120 Å². The predicted octanol–water partition coefficient (Wildman–Crippen LogP) is 6.14. The van der Waals surface area contributed by atoms with Gasteiger partial charge in [0, 0.05) is 4.43 Å². The minimum absolute atomic E-state index is 0.0214. The van der Waals surface area contributed by atoms with Gasteiger partial charge < -0.3 is 9.47 Å². The Labute approximate surface area is 186 Å². The molecule has 29 heavy (non-hydrogen) atoms. The molecule has 0 aromatic heterocycles. The molecule has 0 bridgehead atoms. The molecule has 4 rings (SSSR count). The maximum Gasteiger partial charge on any atom is 0.144 e. The molecule has 0 unspecified atom stereocenters. The highest BCUT2D eigenvalue weighted by molar-refractivity contribution is 14.1. The van der Waals surface area contributed by atoms with Gasteiger partial charge in [-0.25, -0.2) is 0 Å². The van der Waals surface area contributed by atoms with Crippen LogP contribution in [0, 0.1) is 0 Å². The molecule has 1 saturated heterocycles. The summed E-state index contributed by atoms with van der Waals surface area (Å²) >= 11 is 2.38. The number of hydrogen-bond acceptors (Lipinski definition) is 2. The molecule has 0 spiro atoms. The summed E-state index contributed by atoms with van der Waals surface area (Å²) in [4.78, 5) is 0. The lowest BCUT2D eigenvalue weighted by atomic mass is 9.80. The third kappa shape index (κ3) is 4.18. The van der Waals surface area contributed by atoms with Crippen molar-refractivity contribution in [2.24, 2.45) is 0 Å². The number of benzene rings is 3. The molecular weight excluding hydrogens is 471 g/mol. The molecular formula is C26H25IO2. The number of alkyl halides is 1. The minimum Gasteiger partial charge on any atom is -0.361 e. The molecule has 3 aromatic rings. The van der Waals surface area contributed by atoms with Gasteiger partial charge in [-0.05, 0) is 23.6 Å². The summed E-state index contributed by atoms with van der Waals surface area (Å²) in [7, 11) is 0. The van der Waals surface area contributed by atoms with Crippen LogP contribution in [0.1, 0.15) is 23.6 Å². The smallest absolute Gasteiger partial charge is 0.144 e. The molecule has 0 aliphatic carbocycles.